The van der Waals surface area contributed by atoms with Crippen molar-refractivity contribution in [1.82, 2.24) is 20.2 Å². The number of nitrogens with one attached hydrogen (secondary N) is 2. The average Bonchev–Trinajstić information content (AvgIpc) is 2.93. The van der Waals surface area contributed by atoms with Gasteiger partial charge < -0.3 is 4.98 Å². The number of halogens is 3. The van der Waals surface area contributed by atoms with Crippen molar-refractivity contribution in [2.24, 2.45) is 0 Å². The van der Waals surface area contributed by atoms with E-state index in [1.807, 2.05) is 0 Å². The summed E-state index contributed by atoms with van der Waals surface area (Å²) in [5.74, 6) is 0.256. The van der Waals surface area contributed by atoms with Crippen LogP contribution in [-0.4, -0.2) is 20.2 Å². The highest BCUT2D eigenvalue weighted by Crippen LogP contribution is 2.30. The first-order valence-electron chi connectivity index (χ1n) is 6.16. The summed E-state index contributed by atoms with van der Waals surface area (Å²) in [6.45, 7) is 0. The van der Waals surface area contributed by atoms with Crippen molar-refractivity contribution in [2.45, 2.75) is 17.1 Å². The van der Waals surface area contributed by atoms with E-state index in [0.717, 1.165) is 23.9 Å². The van der Waals surface area contributed by atoms with Gasteiger partial charge >= 0.3 is 6.18 Å². The Morgan fingerprint density at radius 3 is 2.86 bits per heavy atom. The minimum absolute atomic E-state index is 0.256. The van der Waals surface area contributed by atoms with E-state index in [-0.39, 0.29) is 11.3 Å². The van der Waals surface area contributed by atoms with E-state index in [1.54, 1.807) is 6.07 Å². The van der Waals surface area contributed by atoms with Crippen molar-refractivity contribution in [2.75, 3.05) is 0 Å². The third kappa shape index (κ3) is 2.98. The van der Waals surface area contributed by atoms with Crippen molar-refractivity contribution in [3.8, 4) is 0 Å². The molecule has 2 aromatic heterocycles. The van der Waals surface area contributed by atoms with Crippen LogP contribution in [0.5, 0.6) is 0 Å². The highest BCUT2D eigenvalue weighted by molar-refractivity contribution is 7.98. The van der Waals surface area contributed by atoms with E-state index in [9.17, 15) is 18.0 Å². The molecular formula is C13H9F3N4OS. The van der Waals surface area contributed by atoms with Crippen LogP contribution < -0.4 is 5.56 Å². The molecule has 0 aliphatic heterocycles. The normalized spacial score (nSPS) is 12.0. The first-order valence-corrected chi connectivity index (χ1v) is 7.14. The number of fused-ring (bicyclic) bond motifs is 1. The quantitative estimate of drug-likeness (QED) is 0.573. The van der Waals surface area contributed by atoms with Gasteiger partial charge in [0, 0.05) is 5.75 Å². The molecule has 0 saturated carbocycles. The van der Waals surface area contributed by atoms with Crippen LogP contribution >= 0.6 is 11.8 Å². The van der Waals surface area contributed by atoms with Gasteiger partial charge in [-0.2, -0.15) is 18.3 Å². The zero-order chi connectivity index (χ0) is 15.7. The van der Waals surface area contributed by atoms with Crippen LogP contribution in [0.15, 0.2) is 40.4 Å². The largest absolute Gasteiger partial charge is 0.416 e. The van der Waals surface area contributed by atoms with Crippen molar-refractivity contribution < 1.29 is 13.2 Å². The number of aromatic amines is 2. The standard InChI is InChI=1S/C13H9F3N4OS/c14-13(15,16)8-3-1-2-7(4-8)6-22-12-18-10-9(5-17-20-10)11(21)19-12/h1-5H,6H2,(H2,17,18,19,20,21). The molecule has 3 aromatic rings. The lowest BCUT2D eigenvalue weighted by Crippen LogP contribution is -2.08. The maximum atomic E-state index is 12.6. The predicted octanol–water partition coefficient (Wildman–Crippen LogP) is 2.96. The molecule has 2 N–H and O–H groups in total. The van der Waals surface area contributed by atoms with Gasteiger partial charge in [-0.3, -0.25) is 9.89 Å². The Kier molecular flexibility index (Phi) is 3.65. The summed E-state index contributed by atoms with van der Waals surface area (Å²) in [5.41, 5.74) is -0.205. The van der Waals surface area contributed by atoms with Crippen molar-refractivity contribution >= 4 is 22.8 Å². The monoisotopic (exact) mass is 326 g/mol. The molecule has 9 heteroatoms. The van der Waals surface area contributed by atoms with E-state index in [1.165, 1.54) is 12.3 Å². The topological polar surface area (TPSA) is 74.4 Å². The number of H-pyrrole nitrogens is 2. The molecule has 0 spiro atoms. The van der Waals surface area contributed by atoms with E-state index in [2.05, 4.69) is 20.2 Å². The fourth-order valence-electron chi connectivity index (χ4n) is 1.88. The Balaban J connectivity index is 1.80. The van der Waals surface area contributed by atoms with E-state index < -0.39 is 11.7 Å². The second-order valence-electron chi connectivity index (χ2n) is 4.49. The third-order valence-corrected chi connectivity index (χ3v) is 3.87. The second-order valence-corrected chi connectivity index (χ2v) is 5.45. The van der Waals surface area contributed by atoms with Gasteiger partial charge in [0.25, 0.3) is 5.56 Å². The minimum atomic E-state index is -4.37. The minimum Gasteiger partial charge on any atom is -0.301 e. The molecular weight excluding hydrogens is 317 g/mol. The number of alkyl halides is 3. The number of hydrogen-bond donors (Lipinski definition) is 2. The van der Waals surface area contributed by atoms with Crippen LogP contribution in [0.4, 0.5) is 13.2 Å². The molecule has 0 radical (unpaired) electrons. The molecule has 0 amide bonds. The number of nitrogens with zero attached hydrogens (tertiary/aromatic N) is 2. The molecule has 114 valence electrons. The molecule has 0 aliphatic rings. The summed E-state index contributed by atoms with van der Waals surface area (Å²) in [6, 6.07) is 5.05. The van der Waals surface area contributed by atoms with Crippen molar-refractivity contribution in [3.05, 3.63) is 51.9 Å². The molecule has 1 aromatic carbocycles. The van der Waals surface area contributed by atoms with Gasteiger partial charge in [-0.1, -0.05) is 30.0 Å². The lowest BCUT2D eigenvalue weighted by Gasteiger charge is -2.08. The summed E-state index contributed by atoms with van der Waals surface area (Å²) >= 11 is 1.14. The number of hydrogen-bond acceptors (Lipinski definition) is 4. The zero-order valence-electron chi connectivity index (χ0n) is 10.9. The Bertz CT molecular complexity index is 871. The average molecular weight is 326 g/mol. The lowest BCUT2D eigenvalue weighted by atomic mass is 10.1. The summed E-state index contributed by atoms with van der Waals surface area (Å²) in [4.78, 5) is 18.5. The SMILES string of the molecule is O=c1[nH]c(SCc2cccc(C(F)(F)F)c2)nc2[nH]ncc12. The molecule has 5 nitrogen and oxygen atoms in total. The predicted molar refractivity (Wildman–Crippen MR) is 75.5 cm³/mol. The maximum Gasteiger partial charge on any atom is 0.416 e. The van der Waals surface area contributed by atoms with Crippen LogP contribution in [0.25, 0.3) is 11.0 Å². The Morgan fingerprint density at radius 2 is 2.09 bits per heavy atom. The van der Waals surface area contributed by atoms with Crippen molar-refractivity contribution in [1.29, 1.82) is 0 Å². The summed E-state index contributed by atoms with van der Waals surface area (Å²) in [5, 5.41) is 6.96. The van der Waals surface area contributed by atoms with E-state index >= 15 is 0 Å². The van der Waals surface area contributed by atoms with E-state index in [4.69, 9.17) is 0 Å². The van der Waals surface area contributed by atoms with Gasteiger partial charge in [0.2, 0.25) is 0 Å². The molecule has 0 bridgehead atoms. The van der Waals surface area contributed by atoms with Crippen LogP contribution in [0.1, 0.15) is 11.1 Å². The van der Waals surface area contributed by atoms with E-state index in [0.29, 0.717) is 21.8 Å². The first kappa shape index (κ1) is 14.6. The number of thioether (sulfide) groups is 1. The molecule has 0 fully saturated rings. The van der Waals surface area contributed by atoms with Crippen molar-refractivity contribution in [3.63, 3.8) is 0 Å². The lowest BCUT2D eigenvalue weighted by molar-refractivity contribution is -0.137. The molecule has 0 aliphatic carbocycles. The second kappa shape index (κ2) is 5.48. The Hall–Kier alpha value is -2.29. The fourth-order valence-corrected chi connectivity index (χ4v) is 2.69. The highest BCUT2D eigenvalue weighted by Gasteiger charge is 2.30. The van der Waals surface area contributed by atoms with Gasteiger partial charge in [0.05, 0.1) is 11.8 Å². The summed E-state index contributed by atoms with van der Waals surface area (Å²) in [6.07, 6.45) is -3.01. The number of aromatic nitrogens is 4. The molecule has 22 heavy (non-hydrogen) atoms. The first-order chi connectivity index (χ1) is 10.4. The van der Waals surface area contributed by atoms with Gasteiger partial charge in [0.1, 0.15) is 5.39 Å². The Morgan fingerprint density at radius 1 is 1.27 bits per heavy atom. The maximum absolute atomic E-state index is 12.6. The molecule has 0 atom stereocenters. The summed E-state index contributed by atoms with van der Waals surface area (Å²) in [7, 11) is 0. The smallest absolute Gasteiger partial charge is 0.301 e. The highest BCUT2D eigenvalue weighted by atomic mass is 32.2. The molecule has 0 saturated heterocycles. The van der Waals surface area contributed by atoms with Crippen LogP contribution in [0.2, 0.25) is 0 Å². The molecule has 3 rings (SSSR count). The van der Waals surface area contributed by atoms with Crippen LogP contribution in [-0.2, 0) is 11.9 Å². The van der Waals surface area contributed by atoms with Gasteiger partial charge in [-0.05, 0) is 11.6 Å². The summed E-state index contributed by atoms with van der Waals surface area (Å²) < 4.78 is 37.9. The van der Waals surface area contributed by atoms with Gasteiger partial charge in [0.15, 0.2) is 10.8 Å². The molecule has 0 unspecified atom stereocenters. The third-order valence-electron chi connectivity index (χ3n) is 2.93. The van der Waals surface area contributed by atoms with Crippen LogP contribution in [0.3, 0.4) is 0 Å². The number of rotatable bonds is 3. The van der Waals surface area contributed by atoms with Gasteiger partial charge in [-0.15, -0.1) is 0 Å². The molecule has 2 heterocycles. The van der Waals surface area contributed by atoms with Gasteiger partial charge in [-0.25, -0.2) is 4.98 Å². The Labute approximate surface area is 126 Å². The number of benzene rings is 1. The zero-order valence-corrected chi connectivity index (χ0v) is 11.8. The fraction of sp³-hybridized carbons (Fsp3) is 0.154. The van der Waals surface area contributed by atoms with Crippen LogP contribution in [0, 0.1) is 0 Å².